The molecule has 0 bridgehead atoms. The lowest BCUT2D eigenvalue weighted by atomic mass is 9.99. The van der Waals surface area contributed by atoms with Crippen LogP contribution in [0.25, 0.3) is 11.1 Å². The Morgan fingerprint density at radius 1 is 1.09 bits per heavy atom. The molecule has 4 rings (SSSR count). The molecule has 0 aliphatic rings. The smallest absolute Gasteiger partial charge is 0.277 e. The van der Waals surface area contributed by atoms with Gasteiger partial charge in [-0.05, 0) is 65.9 Å². The second-order valence-corrected chi connectivity index (χ2v) is 11.7. The van der Waals surface area contributed by atoms with Crippen LogP contribution in [0.1, 0.15) is 66.5 Å². The molecule has 0 fully saturated rings. The number of amides is 1. The highest BCUT2D eigenvalue weighted by Gasteiger charge is 2.32. The van der Waals surface area contributed by atoms with Crippen LogP contribution in [0.15, 0.2) is 75.2 Å². The zero-order valence-electron chi connectivity index (χ0n) is 23.3. The van der Waals surface area contributed by atoms with Crippen LogP contribution in [-0.2, 0) is 16.3 Å². The Bertz CT molecular complexity index is 1920. The zero-order chi connectivity index (χ0) is 31.5. The Kier molecular flexibility index (Phi) is 9.06. The van der Waals surface area contributed by atoms with Gasteiger partial charge in [0, 0.05) is 12.0 Å². The Hall–Kier alpha value is -4.89. The van der Waals surface area contributed by atoms with Gasteiger partial charge in [0.1, 0.15) is 23.5 Å². The summed E-state index contributed by atoms with van der Waals surface area (Å²) in [5.74, 6) is -3.18. The zero-order valence-corrected chi connectivity index (χ0v) is 24.2. The Labute approximate surface area is 246 Å². The third-order valence-corrected chi connectivity index (χ3v) is 8.86. The molecule has 1 heterocycles. The number of halogens is 2. The molecule has 0 aliphatic heterocycles. The van der Waals surface area contributed by atoms with Crippen LogP contribution >= 0.6 is 0 Å². The number of unbranched alkanes of at least 4 members (excludes halogenated alkanes) is 1. The summed E-state index contributed by atoms with van der Waals surface area (Å²) in [6.45, 7) is 3.64. The van der Waals surface area contributed by atoms with Gasteiger partial charge in [-0.3, -0.25) is 14.2 Å². The monoisotopic (exact) mass is 606 g/mol. The maximum atomic E-state index is 14.6. The molecule has 0 spiro atoms. The summed E-state index contributed by atoms with van der Waals surface area (Å²) < 4.78 is 57.0. The Morgan fingerprint density at radius 2 is 1.79 bits per heavy atom. The maximum absolute atomic E-state index is 14.6. The first kappa shape index (κ1) is 31.1. The van der Waals surface area contributed by atoms with Gasteiger partial charge in [0.25, 0.3) is 5.56 Å². The molecule has 1 unspecified atom stereocenters. The number of carbonyl (C=O) groups is 1. The number of aromatic hydroxyl groups is 1. The largest absolute Gasteiger partial charge is 0.492 e. The van der Waals surface area contributed by atoms with E-state index in [1.165, 1.54) is 42.5 Å². The lowest BCUT2D eigenvalue weighted by Gasteiger charge is -2.23. The molecule has 3 N–H and O–H groups in total. The van der Waals surface area contributed by atoms with E-state index in [1.54, 1.807) is 13.0 Å². The minimum absolute atomic E-state index is 0.104. The van der Waals surface area contributed by atoms with Crippen molar-refractivity contribution >= 4 is 15.7 Å². The molecule has 1 amide bonds. The summed E-state index contributed by atoms with van der Waals surface area (Å²) in [6, 6.07) is 13.3. The summed E-state index contributed by atoms with van der Waals surface area (Å²) >= 11 is 0. The molecule has 0 saturated heterocycles. The summed E-state index contributed by atoms with van der Waals surface area (Å²) in [6.07, 6.45) is 1.78. The van der Waals surface area contributed by atoms with Crippen molar-refractivity contribution in [3.63, 3.8) is 0 Å². The fraction of sp³-hybridized carbons (Fsp3) is 0.226. The second kappa shape index (κ2) is 12.5. The van der Waals surface area contributed by atoms with Crippen molar-refractivity contribution < 1.29 is 27.1 Å². The molecule has 0 saturated carbocycles. The first-order valence-corrected chi connectivity index (χ1v) is 14.9. The van der Waals surface area contributed by atoms with Gasteiger partial charge < -0.3 is 10.8 Å². The maximum Gasteiger partial charge on any atom is 0.277 e. The fourth-order valence-electron chi connectivity index (χ4n) is 4.92. The quantitative estimate of drug-likeness (QED) is 0.256. The number of primary amides is 1. The Balaban J connectivity index is 1.87. The molecule has 12 heteroatoms. The van der Waals surface area contributed by atoms with Gasteiger partial charge in [-0.25, -0.2) is 17.2 Å². The van der Waals surface area contributed by atoms with E-state index < -0.39 is 49.8 Å². The molecule has 222 valence electrons. The van der Waals surface area contributed by atoms with E-state index >= 15 is 0 Å². The standard InChI is InChI=1S/C31H28F2N4O5S/c1-3-5-6-27-36-30(39)28(31(40)37(27)26(4-2)19-7-8-20(17-34)25(33)15-19)43(41,42)22-12-9-18(10-13-22)23-14-11-21(32)16-24(23)29(35)38/h7-16,26,39H,3-6H2,1-2H3,(H2,35,38). The lowest BCUT2D eigenvalue weighted by Crippen LogP contribution is -2.33. The van der Waals surface area contributed by atoms with Crippen molar-refractivity contribution in [2.75, 3.05) is 0 Å². The predicted molar refractivity (Wildman–Crippen MR) is 154 cm³/mol. The summed E-state index contributed by atoms with van der Waals surface area (Å²) in [4.78, 5) is 28.6. The molecule has 0 aliphatic carbocycles. The molecular weight excluding hydrogens is 578 g/mol. The number of rotatable bonds is 10. The number of hydrogen-bond donors (Lipinski definition) is 2. The van der Waals surface area contributed by atoms with Crippen molar-refractivity contribution in [3.8, 4) is 23.1 Å². The number of sulfone groups is 1. The average Bonchev–Trinajstić information content (AvgIpc) is 2.97. The summed E-state index contributed by atoms with van der Waals surface area (Å²) in [5, 5.41) is 19.9. The van der Waals surface area contributed by atoms with Crippen molar-refractivity contribution in [1.29, 1.82) is 5.26 Å². The summed E-state index contributed by atoms with van der Waals surface area (Å²) in [5.41, 5.74) is 5.01. The van der Waals surface area contributed by atoms with Crippen LogP contribution in [-0.4, -0.2) is 29.0 Å². The van der Waals surface area contributed by atoms with Crippen LogP contribution in [0.4, 0.5) is 8.78 Å². The average molecular weight is 607 g/mol. The number of benzene rings is 3. The highest BCUT2D eigenvalue weighted by molar-refractivity contribution is 7.91. The third kappa shape index (κ3) is 6.03. The van der Waals surface area contributed by atoms with Gasteiger partial charge in [0.15, 0.2) is 4.90 Å². The van der Waals surface area contributed by atoms with E-state index in [0.717, 1.165) is 29.2 Å². The van der Waals surface area contributed by atoms with Crippen LogP contribution in [0, 0.1) is 23.0 Å². The van der Waals surface area contributed by atoms with Crippen LogP contribution in [0.2, 0.25) is 0 Å². The van der Waals surface area contributed by atoms with Crippen molar-refractivity contribution in [2.24, 2.45) is 5.73 Å². The number of nitriles is 1. The van der Waals surface area contributed by atoms with E-state index in [1.807, 2.05) is 6.92 Å². The summed E-state index contributed by atoms with van der Waals surface area (Å²) in [7, 11) is -4.65. The van der Waals surface area contributed by atoms with Gasteiger partial charge in [-0.15, -0.1) is 0 Å². The van der Waals surface area contributed by atoms with Gasteiger partial charge in [-0.1, -0.05) is 44.5 Å². The van der Waals surface area contributed by atoms with E-state index in [-0.39, 0.29) is 40.3 Å². The minimum atomic E-state index is -4.65. The van der Waals surface area contributed by atoms with E-state index in [4.69, 9.17) is 11.0 Å². The van der Waals surface area contributed by atoms with Crippen molar-refractivity contribution in [2.45, 2.75) is 55.4 Å². The van der Waals surface area contributed by atoms with Crippen LogP contribution in [0.3, 0.4) is 0 Å². The minimum Gasteiger partial charge on any atom is -0.492 e. The lowest BCUT2D eigenvalue weighted by molar-refractivity contribution is 0.100. The first-order valence-electron chi connectivity index (χ1n) is 13.4. The van der Waals surface area contributed by atoms with Gasteiger partial charge >= 0.3 is 0 Å². The van der Waals surface area contributed by atoms with Gasteiger partial charge in [0.2, 0.25) is 21.6 Å². The number of aromatic nitrogens is 2. The van der Waals surface area contributed by atoms with Crippen LogP contribution < -0.4 is 11.3 Å². The van der Waals surface area contributed by atoms with E-state index in [9.17, 15) is 31.9 Å². The second-order valence-electron chi connectivity index (χ2n) is 9.82. The highest BCUT2D eigenvalue weighted by atomic mass is 32.2. The van der Waals surface area contributed by atoms with Crippen molar-refractivity contribution in [1.82, 2.24) is 9.55 Å². The molecular formula is C31H28F2N4O5S. The number of hydrogen-bond acceptors (Lipinski definition) is 7. The fourth-order valence-corrected chi connectivity index (χ4v) is 6.26. The van der Waals surface area contributed by atoms with E-state index in [0.29, 0.717) is 17.5 Å². The molecule has 3 aromatic carbocycles. The Morgan fingerprint density at radius 3 is 2.37 bits per heavy atom. The number of nitrogens with two attached hydrogens (primary N) is 1. The van der Waals surface area contributed by atoms with E-state index in [2.05, 4.69) is 4.98 Å². The van der Waals surface area contributed by atoms with Crippen LogP contribution in [0.5, 0.6) is 5.88 Å². The topological polar surface area (TPSA) is 156 Å². The number of carbonyl (C=O) groups excluding carboxylic acids is 1. The first-order chi connectivity index (χ1) is 20.4. The molecule has 0 radical (unpaired) electrons. The third-order valence-electron chi connectivity index (χ3n) is 7.07. The predicted octanol–water partition coefficient (Wildman–Crippen LogP) is 5.04. The molecule has 1 aromatic heterocycles. The highest BCUT2D eigenvalue weighted by Crippen LogP contribution is 2.31. The van der Waals surface area contributed by atoms with Gasteiger partial charge in [-0.2, -0.15) is 10.2 Å². The number of aryl methyl sites for hydroxylation is 1. The molecule has 4 aromatic rings. The molecule has 1 atom stereocenters. The molecule has 43 heavy (non-hydrogen) atoms. The van der Waals surface area contributed by atoms with Gasteiger partial charge in [0.05, 0.1) is 16.5 Å². The number of nitrogens with zero attached hydrogens (tertiary/aromatic N) is 3. The SMILES string of the molecule is CCCCc1nc(O)c(S(=O)(=O)c2ccc(-c3ccc(F)cc3C(N)=O)cc2)c(=O)n1C(CC)c1ccc(C#N)c(F)c1. The molecule has 9 nitrogen and oxygen atoms in total. The van der Waals surface area contributed by atoms with Crippen molar-refractivity contribution in [3.05, 3.63) is 105 Å². The normalized spacial score (nSPS) is 12.1.